The van der Waals surface area contributed by atoms with Crippen molar-refractivity contribution in [1.82, 2.24) is 4.90 Å². The third-order valence-corrected chi connectivity index (χ3v) is 3.91. The number of benzene rings is 1. The van der Waals surface area contributed by atoms with Crippen molar-refractivity contribution in [3.8, 4) is 0 Å². The average Bonchev–Trinajstić information content (AvgIpc) is 2.92. The fourth-order valence-corrected chi connectivity index (χ4v) is 2.48. The Bertz CT molecular complexity index is 558. The number of rotatable bonds is 4. The molecule has 0 radical (unpaired) electrons. The molecule has 0 aliphatic carbocycles. The van der Waals surface area contributed by atoms with E-state index in [2.05, 4.69) is 0 Å². The Morgan fingerprint density at radius 3 is 2.62 bits per heavy atom. The second-order valence-corrected chi connectivity index (χ2v) is 5.43. The first kappa shape index (κ1) is 15.3. The molecule has 1 fully saturated rings. The van der Waals surface area contributed by atoms with Crippen molar-refractivity contribution in [2.24, 2.45) is 0 Å². The Balaban J connectivity index is 2.19. The molecule has 114 valence electrons. The van der Waals surface area contributed by atoms with Gasteiger partial charge in [0.2, 0.25) is 0 Å². The standard InChI is InChI=1S/C15H20N2O4/c1-16(2)12-6-4-5-11(9-12)13(18)17-8-7-15(10-17,21-3)14(19)20/h4-6,9H,7-8,10H2,1-3H3,(H,19,20). The molecule has 6 nitrogen and oxygen atoms in total. The van der Waals surface area contributed by atoms with E-state index >= 15 is 0 Å². The van der Waals surface area contributed by atoms with Gasteiger partial charge in [0.1, 0.15) is 0 Å². The fraction of sp³-hybridized carbons (Fsp3) is 0.467. The second kappa shape index (κ2) is 5.73. The van der Waals surface area contributed by atoms with Gasteiger partial charge in [-0.15, -0.1) is 0 Å². The second-order valence-electron chi connectivity index (χ2n) is 5.43. The van der Waals surface area contributed by atoms with Crippen LogP contribution in [0.25, 0.3) is 0 Å². The first-order valence-electron chi connectivity index (χ1n) is 6.75. The van der Waals surface area contributed by atoms with Crippen LogP contribution in [0.4, 0.5) is 5.69 Å². The van der Waals surface area contributed by atoms with Crippen molar-refractivity contribution in [1.29, 1.82) is 0 Å². The van der Waals surface area contributed by atoms with Crippen LogP contribution in [0, 0.1) is 0 Å². The molecule has 1 aromatic carbocycles. The minimum Gasteiger partial charge on any atom is -0.479 e. The van der Waals surface area contributed by atoms with E-state index in [0.717, 1.165) is 5.69 Å². The van der Waals surface area contributed by atoms with Crippen LogP contribution < -0.4 is 4.90 Å². The smallest absolute Gasteiger partial charge is 0.337 e. The summed E-state index contributed by atoms with van der Waals surface area (Å²) >= 11 is 0. The topological polar surface area (TPSA) is 70.1 Å². The highest BCUT2D eigenvalue weighted by Gasteiger charge is 2.46. The largest absolute Gasteiger partial charge is 0.479 e. The van der Waals surface area contributed by atoms with E-state index < -0.39 is 11.6 Å². The number of ether oxygens (including phenoxy) is 1. The van der Waals surface area contributed by atoms with Gasteiger partial charge in [-0.25, -0.2) is 4.79 Å². The highest BCUT2D eigenvalue weighted by atomic mass is 16.5. The van der Waals surface area contributed by atoms with Crippen LogP contribution in [0.1, 0.15) is 16.8 Å². The molecule has 6 heteroatoms. The van der Waals surface area contributed by atoms with E-state index in [-0.39, 0.29) is 12.5 Å². The van der Waals surface area contributed by atoms with E-state index in [1.807, 2.05) is 31.1 Å². The fourth-order valence-electron chi connectivity index (χ4n) is 2.48. The third-order valence-electron chi connectivity index (χ3n) is 3.91. The Labute approximate surface area is 123 Å². The molecule has 1 aliphatic rings. The van der Waals surface area contributed by atoms with Gasteiger partial charge in [0.15, 0.2) is 5.60 Å². The SMILES string of the molecule is COC1(C(=O)O)CCN(C(=O)c2cccc(N(C)C)c2)C1. The molecule has 1 saturated heterocycles. The molecule has 1 aliphatic heterocycles. The summed E-state index contributed by atoms with van der Waals surface area (Å²) < 4.78 is 5.14. The van der Waals surface area contributed by atoms with E-state index in [0.29, 0.717) is 18.5 Å². The minimum absolute atomic E-state index is 0.0733. The van der Waals surface area contributed by atoms with Gasteiger partial charge < -0.3 is 19.6 Å². The lowest BCUT2D eigenvalue weighted by atomic mass is 10.0. The molecule has 0 saturated carbocycles. The molecule has 1 atom stereocenters. The highest BCUT2D eigenvalue weighted by Crippen LogP contribution is 2.27. The predicted molar refractivity (Wildman–Crippen MR) is 78.7 cm³/mol. The van der Waals surface area contributed by atoms with E-state index in [1.165, 1.54) is 12.0 Å². The van der Waals surface area contributed by atoms with Crippen molar-refractivity contribution in [3.63, 3.8) is 0 Å². The third kappa shape index (κ3) is 2.85. The van der Waals surface area contributed by atoms with Gasteiger partial charge in [0, 0.05) is 45.4 Å². The van der Waals surface area contributed by atoms with Gasteiger partial charge in [0.05, 0.1) is 6.54 Å². The molecule has 0 spiro atoms. The van der Waals surface area contributed by atoms with Crippen molar-refractivity contribution < 1.29 is 19.4 Å². The van der Waals surface area contributed by atoms with Crippen LogP contribution in [0.3, 0.4) is 0 Å². The molecule has 21 heavy (non-hydrogen) atoms. The predicted octanol–water partition coefficient (Wildman–Crippen LogP) is 1.07. The summed E-state index contributed by atoms with van der Waals surface area (Å²) in [6, 6.07) is 7.27. The molecular formula is C15H20N2O4. The molecule has 2 rings (SSSR count). The highest BCUT2D eigenvalue weighted by molar-refractivity contribution is 5.96. The summed E-state index contributed by atoms with van der Waals surface area (Å²) in [5.74, 6) is -1.19. The number of amides is 1. The van der Waals surface area contributed by atoms with Crippen LogP contribution in [0.5, 0.6) is 0 Å². The van der Waals surface area contributed by atoms with Crippen LogP contribution >= 0.6 is 0 Å². The zero-order valence-electron chi connectivity index (χ0n) is 12.5. The van der Waals surface area contributed by atoms with Crippen molar-refractivity contribution in [3.05, 3.63) is 29.8 Å². The summed E-state index contributed by atoms with van der Waals surface area (Å²) in [6.45, 7) is 0.453. The molecule has 0 aromatic heterocycles. The first-order valence-corrected chi connectivity index (χ1v) is 6.75. The molecule has 1 unspecified atom stereocenters. The average molecular weight is 292 g/mol. The van der Waals surface area contributed by atoms with Gasteiger partial charge in [-0.2, -0.15) is 0 Å². The van der Waals surface area contributed by atoms with Gasteiger partial charge in [-0.1, -0.05) is 6.07 Å². The van der Waals surface area contributed by atoms with Crippen molar-refractivity contribution >= 4 is 17.6 Å². The molecule has 1 N–H and O–H groups in total. The van der Waals surface area contributed by atoms with Crippen LogP contribution in [0.2, 0.25) is 0 Å². The minimum atomic E-state index is -1.28. The molecule has 0 bridgehead atoms. The van der Waals surface area contributed by atoms with Gasteiger partial charge in [0.25, 0.3) is 5.91 Å². The van der Waals surface area contributed by atoms with Crippen LogP contribution in [-0.4, -0.2) is 61.8 Å². The number of likely N-dealkylation sites (tertiary alicyclic amines) is 1. The maximum absolute atomic E-state index is 12.5. The normalized spacial score (nSPS) is 21.4. The monoisotopic (exact) mass is 292 g/mol. The number of hydrogen-bond donors (Lipinski definition) is 1. The number of carbonyl (C=O) groups excluding carboxylic acids is 1. The summed E-state index contributed by atoms with van der Waals surface area (Å²) in [7, 11) is 5.18. The van der Waals surface area contributed by atoms with Crippen LogP contribution in [0.15, 0.2) is 24.3 Å². The quantitative estimate of drug-likeness (QED) is 0.899. The Kier molecular flexibility index (Phi) is 4.18. The number of carbonyl (C=O) groups is 2. The van der Waals surface area contributed by atoms with Crippen molar-refractivity contribution in [2.75, 3.05) is 39.2 Å². The molecule has 1 aromatic rings. The number of hydrogen-bond acceptors (Lipinski definition) is 4. The van der Waals surface area contributed by atoms with Gasteiger partial charge >= 0.3 is 5.97 Å². The Hall–Kier alpha value is -2.08. The number of anilines is 1. The summed E-state index contributed by atoms with van der Waals surface area (Å²) in [5.41, 5.74) is 0.198. The van der Waals surface area contributed by atoms with E-state index in [9.17, 15) is 14.7 Å². The maximum atomic E-state index is 12.5. The molecule has 1 amide bonds. The molecule has 1 heterocycles. The summed E-state index contributed by atoms with van der Waals surface area (Å²) in [6.07, 6.45) is 0.304. The Morgan fingerprint density at radius 2 is 2.10 bits per heavy atom. The van der Waals surface area contributed by atoms with Gasteiger partial charge in [-0.05, 0) is 18.2 Å². The Morgan fingerprint density at radius 1 is 1.38 bits per heavy atom. The number of aliphatic carboxylic acids is 1. The number of carboxylic acids is 1. The lowest BCUT2D eigenvalue weighted by Gasteiger charge is -2.23. The van der Waals surface area contributed by atoms with Crippen molar-refractivity contribution in [2.45, 2.75) is 12.0 Å². The lowest BCUT2D eigenvalue weighted by Crippen LogP contribution is -2.44. The van der Waals surface area contributed by atoms with E-state index in [1.54, 1.807) is 12.1 Å². The number of carboxylic acid groups (broad SMARTS) is 1. The zero-order chi connectivity index (χ0) is 15.6. The summed E-state index contributed by atoms with van der Waals surface area (Å²) in [4.78, 5) is 27.3. The number of methoxy groups -OCH3 is 1. The van der Waals surface area contributed by atoms with Crippen LogP contribution in [-0.2, 0) is 9.53 Å². The first-order chi connectivity index (χ1) is 9.89. The zero-order valence-corrected chi connectivity index (χ0v) is 12.5. The molecular weight excluding hydrogens is 272 g/mol. The lowest BCUT2D eigenvalue weighted by molar-refractivity contribution is -0.160. The summed E-state index contributed by atoms with van der Waals surface area (Å²) in [5, 5.41) is 9.28. The van der Waals surface area contributed by atoms with E-state index in [4.69, 9.17) is 4.74 Å². The number of nitrogens with zero attached hydrogens (tertiary/aromatic N) is 2. The van der Waals surface area contributed by atoms with Gasteiger partial charge in [-0.3, -0.25) is 4.79 Å². The maximum Gasteiger partial charge on any atom is 0.337 e.